The van der Waals surface area contributed by atoms with Crippen LogP contribution in [0.5, 0.6) is 23.0 Å². The number of rotatable bonds is 6. The number of alkyl halides is 3. The summed E-state index contributed by atoms with van der Waals surface area (Å²) in [6.45, 7) is 0. The molecule has 3 N–H and O–H groups in total. The van der Waals surface area contributed by atoms with Crippen molar-refractivity contribution < 1.29 is 32.2 Å². The Balaban J connectivity index is 1.63. The number of methoxy groups -OCH3 is 1. The zero-order chi connectivity index (χ0) is 23.6. The summed E-state index contributed by atoms with van der Waals surface area (Å²) in [6.07, 6.45) is -3.52. The van der Waals surface area contributed by atoms with E-state index < -0.39 is 23.7 Å². The Morgan fingerprint density at radius 3 is 2.55 bits per heavy atom. The number of benzene rings is 2. The minimum atomic E-state index is -4.96. The predicted molar refractivity (Wildman–Crippen MR) is 111 cm³/mol. The van der Waals surface area contributed by atoms with Gasteiger partial charge in [-0.2, -0.15) is 0 Å². The normalized spacial score (nSPS) is 11.3. The number of nitrogens with zero attached hydrogens (tertiary/aromatic N) is 1. The van der Waals surface area contributed by atoms with Crippen LogP contribution in [0.25, 0.3) is 11.2 Å². The second-order valence-corrected chi connectivity index (χ2v) is 6.61. The molecule has 0 aliphatic heterocycles. The summed E-state index contributed by atoms with van der Waals surface area (Å²) in [5, 5.41) is 2.50. The third-order valence-electron chi connectivity index (χ3n) is 4.34. The third kappa shape index (κ3) is 5.06. The van der Waals surface area contributed by atoms with Gasteiger partial charge in [-0.3, -0.25) is 9.78 Å². The fraction of sp³-hybridized carbons (Fsp3) is 0.0952. The molecule has 9 nitrogen and oxygen atoms in total. The van der Waals surface area contributed by atoms with Gasteiger partial charge in [0.05, 0.1) is 12.7 Å². The van der Waals surface area contributed by atoms with E-state index in [0.29, 0.717) is 11.3 Å². The van der Waals surface area contributed by atoms with Gasteiger partial charge < -0.3 is 24.5 Å². The van der Waals surface area contributed by atoms with Crippen LogP contribution in [-0.4, -0.2) is 34.3 Å². The number of carbonyl (C=O) groups excluding carboxylic acids is 1. The topological polar surface area (TPSA) is 118 Å². The van der Waals surface area contributed by atoms with Gasteiger partial charge in [-0.05, 0) is 12.1 Å². The van der Waals surface area contributed by atoms with E-state index in [1.54, 1.807) is 0 Å². The van der Waals surface area contributed by atoms with Crippen LogP contribution in [0.4, 0.5) is 18.9 Å². The molecule has 1 amide bonds. The summed E-state index contributed by atoms with van der Waals surface area (Å²) in [7, 11) is 1.39. The van der Waals surface area contributed by atoms with Crippen LogP contribution in [0.15, 0.2) is 59.5 Å². The molecule has 0 unspecified atom stereocenters. The number of amides is 1. The van der Waals surface area contributed by atoms with Crippen molar-refractivity contribution in [3.63, 3.8) is 0 Å². The number of hydrogen-bond acceptors (Lipinski definition) is 6. The number of aromatic nitrogens is 3. The SMILES string of the molecule is COc1cc(NC(=O)c2ccccc2OC(F)(F)F)cc(Oc2ccnc3[nH]c(=O)[nH]c23)c1. The van der Waals surface area contributed by atoms with Gasteiger partial charge in [0.1, 0.15) is 22.8 Å². The van der Waals surface area contributed by atoms with E-state index in [-0.39, 0.29) is 28.4 Å². The Bertz CT molecular complexity index is 1380. The van der Waals surface area contributed by atoms with Crippen molar-refractivity contribution >= 4 is 22.8 Å². The lowest BCUT2D eigenvalue weighted by Crippen LogP contribution is -2.20. The number of ether oxygens (including phenoxy) is 3. The fourth-order valence-corrected chi connectivity index (χ4v) is 3.01. The van der Waals surface area contributed by atoms with Crippen molar-refractivity contribution in [1.29, 1.82) is 0 Å². The lowest BCUT2D eigenvalue weighted by atomic mass is 10.1. The van der Waals surface area contributed by atoms with Crippen molar-refractivity contribution in [3.05, 3.63) is 70.8 Å². The second kappa shape index (κ2) is 8.57. The zero-order valence-electron chi connectivity index (χ0n) is 16.8. The number of anilines is 1. The van der Waals surface area contributed by atoms with Gasteiger partial charge in [0, 0.05) is 36.1 Å². The first kappa shape index (κ1) is 21.7. The summed E-state index contributed by atoms with van der Waals surface area (Å²) in [4.78, 5) is 33.3. The maximum atomic E-state index is 12.7. The quantitative estimate of drug-likeness (QED) is 0.397. The number of hydrogen-bond donors (Lipinski definition) is 3. The highest BCUT2D eigenvalue weighted by Gasteiger charge is 2.32. The Morgan fingerprint density at radius 1 is 1.03 bits per heavy atom. The highest BCUT2D eigenvalue weighted by Crippen LogP contribution is 2.33. The van der Waals surface area contributed by atoms with Crippen molar-refractivity contribution in [2.24, 2.45) is 0 Å². The van der Waals surface area contributed by atoms with Crippen molar-refractivity contribution in [3.8, 4) is 23.0 Å². The highest BCUT2D eigenvalue weighted by molar-refractivity contribution is 6.06. The van der Waals surface area contributed by atoms with Gasteiger partial charge in [-0.1, -0.05) is 12.1 Å². The molecule has 2 aromatic carbocycles. The first-order valence-electron chi connectivity index (χ1n) is 9.32. The van der Waals surface area contributed by atoms with Crippen LogP contribution in [0.1, 0.15) is 10.4 Å². The van der Waals surface area contributed by atoms with Crippen molar-refractivity contribution in [1.82, 2.24) is 15.0 Å². The standard InChI is InChI=1S/C21H15F3N4O5/c1-31-12-8-11(26-19(29)14-4-2-3-5-15(14)33-21(22,23)24)9-13(10-12)32-16-6-7-25-18-17(16)27-20(30)28-18/h2-10H,1H3,(H,26,29)(H2,25,27,28,30). The Morgan fingerprint density at radius 2 is 1.79 bits per heavy atom. The zero-order valence-corrected chi connectivity index (χ0v) is 16.8. The van der Waals surface area contributed by atoms with E-state index in [0.717, 1.165) is 6.07 Å². The van der Waals surface area contributed by atoms with E-state index in [4.69, 9.17) is 9.47 Å². The monoisotopic (exact) mass is 460 g/mol. The van der Waals surface area contributed by atoms with Gasteiger partial charge >= 0.3 is 12.1 Å². The van der Waals surface area contributed by atoms with Crippen LogP contribution in [0.2, 0.25) is 0 Å². The number of fused-ring (bicyclic) bond motifs is 1. The molecule has 0 aliphatic carbocycles. The Kier molecular flexibility index (Phi) is 5.65. The van der Waals surface area contributed by atoms with Gasteiger partial charge in [0.15, 0.2) is 11.4 Å². The molecule has 2 aromatic heterocycles. The molecular formula is C21H15F3N4O5. The highest BCUT2D eigenvalue weighted by atomic mass is 19.4. The number of imidazole rings is 1. The van der Waals surface area contributed by atoms with Crippen LogP contribution in [0, 0.1) is 0 Å². The maximum absolute atomic E-state index is 12.7. The largest absolute Gasteiger partial charge is 0.573 e. The number of halogens is 3. The average molecular weight is 460 g/mol. The van der Waals surface area contributed by atoms with Crippen LogP contribution >= 0.6 is 0 Å². The predicted octanol–water partition coefficient (Wildman–Crippen LogP) is 4.20. The van der Waals surface area contributed by atoms with E-state index >= 15 is 0 Å². The molecule has 0 saturated heterocycles. The number of nitrogens with one attached hydrogen (secondary N) is 3. The molecule has 0 aliphatic rings. The lowest BCUT2D eigenvalue weighted by molar-refractivity contribution is -0.274. The van der Waals surface area contributed by atoms with Gasteiger partial charge in [0.25, 0.3) is 5.91 Å². The minimum absolute atomic E-state index is 0.184. The number of H-pyrrole nitrogens is 2. The molecule has 0 saturated carbocycles. The average Bonchev–Trinajstić information content (AvgIpc) is 3.14. The molecule has 12 heteroatoms. The molecular weight excluding hydrogens is 445 g/mol. The molecule has 33 heavy (non-hydrogen) atoms. The third-order valence-corrected chi connectivity index (χ3v) is 4.34. The Labute approximate surface area is 183 Å². The number of pyridine rings is 1. The lowest BCUT2D eigenvalue weighted by Gasteiger charge is -2.14. The molecule has 0 bridgehead atoms. The van der Waals surface area contributed by atoms with Gasteiger partial charge in [-0.25, -0.2) is 9.78 Å². The van der Waals surface area contributed by atoms with E-state index in [1.807, 2.05) is 0 Å². The smallest absolute Gasteiger partial charge is 0.497 e. The van der Waals surface area contributed by atoms with Gasteiger partial charge in [-0.15, -0.1) is 13.2 Å². The first-order valence-corrected chi connectivity index (χ1v) is 9.32. The van der Waals surface area contributed by atoms with Crippen molar-refractivity contribution in [2.45, 2.75) is 6.36 Å². The summed E-state index contributed by atoms with van der Waals surface area (Å²) >= 11 is 0. The van der Waals surface area contributed by atoms with Crippen LogP contribution in [-0.2, 0) is 0 Å². The molecule has 0 fully saturated rings. The first-order chi connectivity index (χ1) is 15.7. The van der Waals surface area contributed by atoms with E-state index in [1.165, 1.54) is 55.8 Å². The summed E-state index contributed by atoms with van der Waals surface area (Å²) in [5.41, 5.74) is 0.0149. The fourth-order valence-electron chi connectivity index (χ4n) is 3.01. The Hall–Kier alpha value is -4.48. The van der Waals surface area contributed by atoms with Gasteiger partial charge in [0.2, 0.25) is 0 Å². The minimum Gasteiger partial charge on any atom is -0.497 e. The molecule has 2 heterocycles. The summed E-state index contributed by atoms with van der Waals surface area (Å²) < 4.78 is 53.0. The maximum Gasteiger partial charge on any atom is 0.573 e. The van der Waals surface area contributed by atoms with E-state index in [2.05, 4.69) is 25.0 Å². The number of aromatic amines is 2. The molecule has 170 valence electrons. The van der Waals surface area contributed by atoms with E-state index in [9.17, 15) is 22.8 Å². The number of carbonyl (C=O) groups is 1. The summed E-state index contributed by atoms with van der Waals surface area (Å²) in [6, 6.07) is 10.9. The molecule has 0 atom stereocenters. The summed E-state index contributed by atoms with van der Waals surface area (Å²) in [5.74, 6) is -0.685. The van der Waals surface area contributed by atoms with Crippen LogP contribution < -0.4 is 25.2 Å². The number of para-hydroxylation sites is 1. The molecule has 4 aromatic rings. The second-order valence-electron chi connectivity index (χ2n) is 6.61. The van der Waals surface area contributed by atoms with Crippen molar-refractivity contribution in [2.75, 3.05) is 12.4 Å². The molecule has 0 spiro atoms. The molecule has 0 radical (unpaired) electrons. The van der Waals surface area contributed by atoms with Crippen LogP contribution in [0.3, 0.4) is 0 Å². The molecule has 4 rings (SSSR count).